The Bertz CT molecular complexity index is 1360. The summed E-state index contributed by atoms with van der Waals surface area (Å²) < 4.78 is 18.9. The van der Waals surface area contributed by atoms with Gasteiger partial charge in [-0.05, 0) is 30.3 Å². The van der Waals surface area contributed by atoms with Gasteiger partial charge in [-0.1, -0.05) is 18.2 Å². The SMILES string of the molecule is COc1cccc(-c2cc3c(=O)n(CCNC(=O)c4cccc(OC)c4OC)ccn3n2)c1. The smallest absolute Gasteiger partial charge is 0.276 e. The van der Waals surface area contributed by atoms with Gasteiger partial charge in [0.25, 0.3) is 11.5 Å². The lowest BCUT2D eigenvalue weighted by Gasteiger charge is -2.13. The molecule has 1 amide bonds. The standard InChI is InChI=1S/C24H24N4O5/c1-31-17-7-4-6-16(14-17)19-15-20-24(30)27(12-13-28(20)26-19)11-10-25-23(29)18-8-5-9-21(32-2)22(18)33-3/h4-9,12-15H,10-11H2,1-3H3,(H,25,29). The van der Waals surface area contributed by atoms with Crippen LogP contribution in [0.25, 0.3) is 16.8 Å². The average molecular weight is 448 g/mol. The highest BCUT2D eigenvalue weighted by molar-refractivity contribution is 5.97. The van der Waals surface area contributed by atoms with E-state index in [0.717, 1.165) is 5.56 Å². The van der Waals surface area contributed by atoms with Gasteiger partial charge >= 0.3 is 0 Å². The molecule has 0 saturated carbocycles. The molecule has 1 N–H and O–H groups in total. The van der Waals surface area contributed by atoms with E-state index in [1.165, 1.54) is 18.8 Å². The summed E-state index contributed by atoms with van der Waals surface area (Å²) in [4.78, 5) is 25.6. The minimum absolute atomic E-state index is 0.202. The Morgan fingerprint density at radius 3 is 2.58 bits per heavy atom. The van der Waals surface area contributed by atoms with Crippen LogP contribution in [0.15, 0.2) is 65.7 Å². The summed E-state index contributed by atoms with van der Waals surface area (Å²) in [7, 11) is 4.59. The summed E-state index contributed by atoms with van der Waals surface area (Å²) in [6.45, 7) is 0.555. The van der Waals surface area contributed by atoms with Gasteiger partial charge in [-0.25, -0.2) is 4.52 Å². The molecule has 9 heteroatoms. The second-order valence-corrected chi connectivity index (χ2v) is 7.19. The number of carbonyl (C=O) groups is 1. The second-order valence-electron chi connectivity index (χ2n) is 7.19. The number of amides is 1. The molecule has 0 fully saturated rings. The van der Waals surface area contributed by atoms with E-state index in [2.05, 4.69) is 10.4 Å². The number of carbonyl (C=O) groups excluding carboxylic acids is 1. The van der Waals surface area contributed by atoms with Gasteiger partial charge in [0.05, 0.1) is 32.6 Å². The van der Waals surface area contributed by atoms with E-state index in [-0.39, 0.29) is 18.0 Å². The van der Waals surface area contributed by atoms with Gasteiger partial charge < -0.3 is 24.1 Å². The second kappa shape index (κ2) is 9.47. The van der Waals surface area contributed by atoms with Crippen molar-refractivity contribution >= 4 is 11.4 Å². The van der Waals surface area contributed by atoms with Crippen molar-refractivity contribution in [2.45, 2.75) is 6.54 Å². The molecule has 2 aromatic carbocycles. The van der Waals surface area contributed by atoms with Crippen LogP contribution in [0.3, 0.4) is 0 Å². The predicted octanol–water partition coefficient (Wildman–Crippen LogP) is 2.62. The van der Waals surface area contributed by atoms with Gasteiger partial charge in [-0.2, -0.15) is 5.10 Å². The molecule has 33 heavy (non-hydrogen) atoms. The van der Waals surface area contributed by atoms with E-state index in [1.54, 1.807) is 48.3 Å². The maximum Gasteiger partial charge on any atom is 0.276 e. The molecule has 0 spiro atoms. The summed E-state index contributed by atoms with van der Waals surface area (Å²) in [6.07, 6.45) is 3.36. The van der Waals surface area contributed by atoms with Gasteiger partial charge in [0.2, 0.25) is 0 Å². The Morgan fingerprint density at radius 2 is 1.82 bits per heavy atom. The first kappa shape index (κ1) is 21.9. The monoisotopic (exact) mass is 448 g/mol. The molecule has 0 aliphatic heterocycles. The van der Waals surface area contributed by atoms with Crippen LogP contribution in [-0.4, -0.2) is 48.0 Å². The molecule has 0 aliphatic carbocycles. The number of nitrogens with zero attached hydrogens (tertiary/aromatic N) is 3. The fourth-order valence-electron chi connectivity index (χ4n) is 3.58. The van der Waals surface area contributed by atoms with Crippen LogP contribution in [0, 0.1) is 0 Å². The van der Waals surface area contributed by atoms with E-state index in [4.69, 9.17) is 14.2 Å². The third-order valence-electron chi connectivity index (χ3n) is 5.25. The highest BCUT2D eigenvalue weighted by Gasteiger charge is 2.16. The van der Waals surface area contributed by atoms with Crippen molar-refractivity contribution < 1.29 is 19.0 Å². The minimum Gasteiger partial charge on any atom is -0.497 e. The van der Waals surface area contributed by atoms with Crippen LogP contribution >= 0.6 is 0 Å². The fourth-order valence-corrected chi connectivity index (χ4v) is 3.58. The largest absolute Gasteiger partial charge is 0.497 e. The molecule has 0 aliphatic rings. The van der Waals surface area contributed by atoms with E-state index >= 15 is 0 Å². The number of methoxy groups -OCH3 is 3. The van der Waals surface area contributed by atoms with Crippen molar-refractivity contribution in [1.82, 2.24) is 19.5 Å². The van der Waals surface area contributed by atoms with Gasteiger partial charge in [-0.15, -0.1) is 0 Å². The van der Waals surface area contributed by atoms with Gasteiger partial charge in [0.15, 0.2) is 11.5 Å². The quantitative estimate of drug-likeness (QED) is 0.445. The Hall–Kier alpha value is -4.27. The highest BCUT2D eigenvalue weighted by Crippen LogP contribution is 2.30. The average Bonchev–Trinajstić information content (AvgIpc) is 3.30. The third kappa shape index (κ3) is 4.38. The first-order valence-corrected chi connectivity index (χ1v) is 10.3. The minimum atomic E-state index is -0.315. The molecular formula is C24H24N4O5. The number of benzene rings is 2. The van der Waals surface area contributed by atoms with Crippen LogP contribution in [0.2, 0.25) is 0 Å². The number of fused-ring (bicyclic) bond motifs is 1. The molecule has 170 valence electrons. The molecule has 4 rings (SSSR count). The van der Waals surface area contributed by atoms with E-state index in [0.29, 0.717) is 40.6 Å². The number of para-hydroxylation sites is 1. The molecule has 0 unspecified atom stereocenters. The lowest BCUT2D eigenvalue weighted by atomic mass is 10.1. The summed E-state index contributed by atoms with van der Waals surface area (Å²) in [5, 5.41) is 7.32. The van der Waals surface area contributed by atoms with Crippen molar-refractivity contribution in [2.75, 3.05) is 27.9 Å². The van der Waals surface area contributed by atoms with E-state index < -0.39 is 0 Å². The molecule has 0 saturated heterocycles. The van der Waals surface area contributed by atoms with Crippen molar-refractivity contribution in [1.29, 1.82) is 0 Å². The number of rotatable bonds is 8. The molecule has 0 radical (unpaired) electrons. The highest BCUT2D eigenvalue weighted by atomic mass is 16.5. The number of aromatic nitrogens is 3. The summed E-state index contributed by atoms with van der Waals surface area (Å²) in [6, 6.07) is 14.3. The number of nitrogens with one attached hydrogen (secondary N) is 1. The molecule has 0 atom stereocenters. The van der Waals surface area contributed by atoms with E-state index in [9.17, 15) is 9.59 Å². The van der Waals surface area contributed by atoms with Gasteiger partial charge in [-0.3, -0.25) is 9.59 Å². The Balaban J connectivity index is 1.50. The Labute approximate surface area is 190 Å². The lowest BCUT2D eigenvalue weighted by Crippen LogP contribution is -2.31. The summed E-state index contributed by atoms with van der Waals surface area (Å²) >= 11 is 0. The predicted molar refractivity (Wildman–Crippen MR) is 123 cm³/mol. The number of ether oxygens (including phenoxy) is 3. The van der Waals surface area contributed by atoms with Crippen molar-refractivity contribution in [3.63, 3.8) is 0 Å². The third-order valence-corrected chi connectivity index (χ3v) is 5.25. The summed E-state index contributed by atoms with van der Waals surface area (Å²) in [5.74, 6) is 1.23. The maximum atomic E-state index is 13.0. The van der Waals surface area contributed by atoms with Crippen LogP contribution < -0.4 is 25.1 Å². The lowest BCUT2D eigenvalue weighted by molar-refractivity contribution is 0.0948. The number of hydrogen-bond acceptors (Lipinski definition) is 6. The van der Waals surface area contributed by atoms with Crippen molar-refractivity contribution in [3.8, 4) is 28.5 Å². The van der Waals surface area contributed by atoms with Crippen LogP contribution in [0.4, 0.5) is 0 Å². The van der Waals surface area contributed by atoms with Crippen LogP contribution in [0.1, 0.15) is 10.4 Å². The normalized spacial score (nSPS) is 10.8. The Kier molecular flexibility index (Phi) is 6.30. The van der Waals surface area contributed by atoms with Crippen molar-refractivity contribution in [3.05, 3.63) is 76.8 Å². The Morgan fingerprint density at radius 1 is 1.00 bits per heavy atom. The fraction of sp³-hybridized carbons (Fsp3) is 0.208. The first-order chi connectivity index (χ1) is 16.0. The molecule has 0 bridgehead atoms. The molecular weight excluding hydrogens is 424 g/mol. The zero-order valence-electron chi connectivity index (χ0n) is 18.6. The van der Waals surface area contributed by atoms with E-state index in [1.807, 2.05) is 24.3 Å². The zero-order valence-corrected chi connectivity index (χ0v) is 18.6. The van der Waals surface area contributed by atoms with Gasteiger partial charge in [0.1, 0.15) is 11.3 Å². The summed E-state index contributed by atoms with van der Waals surface area (Å²) in [5.41, 5.74) is 2.12. The van der Waals surface area contributed by atoms with Gasteiger partial charge in [0, 0.05) is 31.0 Å². The van der Waals surface area contributed by atoms with Crippen molar-refractivity contribution in [2.24, 2.45) is 0 Å². The van der Waals surface area contributed by atoms with Crippen LogP contribution in [0.5, 0.6) is 17.2 Å². The first-order valence-electron chi connectivity index (χ1n) is 10.3. The molecule has 9 nitrogen and oxygen atoms in total. The van der Waals surface area contributed by atoms with Crippen LogP contribution in [-0.2, 0) is 6.54 Å². The maximum absolute atomic E-state index is 13.0. The topological polar surface area (TPSA) is 96.1 Å². The number of hydrogen-bond donors (Lipinski definition) is 1. The molecule has 2 heterocycles. The molecule has 2 aromatic heterocycles. The molecule has 4 aromatic rings. The zero-order chi connectivity index (χ0) is 23.4.